The molecule has 1 aromatic heterocycles. The third-order valence-corrected chi connectivity index (χ3v) is 1.82. The Labute approximate surface area is 86.2 Å². The van der Waals surface area contributed by atoms with Crippen molar-refractivity contribution in [3.05, 3.63) is 23.5 Å². The molecule has 0 aliphatic heterocycles. The summed E-state index contributed by atoms with van der Waals surface area (Å²) >= 11 is 0. The quantitative estimate of drug-likeness (QED) is 0.651. The molecule has 3 nitrogen and oxygen atoms in total. The van der Waals surface area contributed by atoms with Crippen LogP contribution in [0, 0.1) is 0 Å². The Kier molecular flexibility index (Phi) is 3.20. The minimum Gasteiger partial charge on any atom is -0.461 e. The molecule has 1 rings (SSSR count). The molecule has 0 spiro atoms. The molecule has 0 bridgehead atoms. The first kappa shape index (κ1) is 12.5. The van der Waals surface area contributed by atoms with E-state index in [2.05, 4.69) is 9.72 Å². The second-order valence-corrected chi connectivity index (χ2v) is 2.85. The van der Waals surface area contributed by atoms with Gasteiger partial charge in [0.05, 0.1) is 11.3 Å². The molecule has 0 fully saturated rings. The van der Waals surface area contributed by atoms with Gasteiger partial charge in [-0.05, 0) is 6.07 Å². The van der Waals surface area contributed by atoms with Crippen molar-refractivity contribution < 1.29 is 31.5 Å². The normalized spacial score (nSPS) is 12.6. The van der Waals surface area contributed by atoms with Gasteiger partial charge in [0, 0.05) is 6.20 Å². The molecular weight excluding hydrogens is 237 g/mol. The Morgan fingerprint density at radius 1 is 1.31 bits per heavy atom. The van der Waals surface area contributed by atoms with E-state index in [1.807, 2.05) is 0 Å². The van der Waals surface area contributed by atoms with Crippen molar-refractivity contribution in [1.82, 2.24) is 4.98 Å². The summed E-state index contributed by atoms with van der Waals surface area (Å²) in [4.78, 5) is 12.0. The molecule has 0 saturated heterocycles. The van der Waals surface area contributed by atoms with Crippen molar-refractivity contribution in [1.29, 1.82) is 0 Å². The van der Waals surface area contributed by atoms with E-state index in [0.717, 1.165) is 6.20 Å². The molecule has 1 heterocycles. The summed E-state index contributed by atoms with van der Waals surface area (Å²) in [5.74, 6) is -4.98. The van der Waals surface area contributed by atoms with Gasteiger partial charge in [-0.2, -0.15) is 22.0 Å². The lowest BCUT2D eigenvalue weighted by Crippen LogP contribution is -2.34. The fourth-order valence-electron chi connectivity index (χ4n) is 1.09. The molecule has 0 atom stereocenters. The number of carbonyl (C=O) groups is 1. The maximum absolute atomic E-state index is 12.9. The molecule has 8 heteroatoms. The molecular formula is C8H6F5NO2. The first-order chi connectivity index (χ1) is 7.30. The zero-order chi connectivity index (χ0) is 12.4. The topological polar surface area (TPSA) is 42.1 Å². The lowest BCUT2D eigenvalue weighted by molar-refractivity contribution is -0.289. The zero-order valence-corrected chi connectivity index (χ0v) is 7.65. The highest BCUT2D eigenvalue weighted by Gasteiger charge is 2.59. The van der Waals surface area contributed by atoms with E-state index in [1.165, 1.54) is 0 Å². The number of hydrogen-bond donors (Lipinski definition) is 1. The van der Waals surface area contributed by atoms with Gasteiger partial charge in [-0.3, -0.25) is 4.79 Å². The van der Waals surface area contributed by atoms with Gasteiger partial charge in [-0.25, -0.2) is 0 Å². The van der Waals surface area contributed by atoms with E-state index in [4.69, 9.17) is 0 Å². The van der Waals surface area contributed by atoms with Crippen LogP contribution in [-0.4, -0.2) is 17.6 Å². The summed E-state index contributed by atoms with van der Waals surface area (Å²) < 4.78 is 66.0. The molecule has 0 aromatic carbocycles. The van der Waals surface area contributed by atoms with Gasteiger partial charge in [0.2, 0.25) is 0 Å². The van der Waals surface area contributed by atoms with Crippen LogP contribution in [0.1, 0.15) is 11.3 Å². The van der Waals surface area contributed by atoms with Gasteiger partial charge in [-0.1, -0.05) is 0 Å². The number of aromatic nitrogens is 1. The number of rotatable bonds is 4. The Bertz CT molecular complexity index is 371. The fraction of sp³-hybridized carbons (Fsp3) is 0.375. The van der Waals surface area contributed by atoms with E-state index in [9.17, 15) is 26.7 Å². The molecule has 0 aliphatic rings. The second kappa shape index (κ2) is 4.11. The van der Waals surface area contributed by atoms with Crippen molar-refractivity contribution in [2.45, 2.75) is 18.7 Å². The van der Waals surface area contributed by atoms with Crippen molar-refractivity contribution in [3.63, 3.8) is 0 Å². The largest absolute Gasteiger partial charge is 0.461 e. The van der Waals surface area contributed by atoms with Gasteiger partial charge in [-0.15, -0.1) is 0 Å². The van der Waals surface area contributed by atoms with Gasteiger partial charge < -0.3 is 9.72 Å². The number of carbonyl (C=O) groups excluding carboxylic acids is 1. The number of aromatic amines is 1. The molecule has 1 N–H and O–H groups in total. The molecule has 0 radical (unpaired) electrons. The molecule has 0 unspecified atom stereocenters. The van der Waals surface area contributed by atoms with Crippen LogP contribution >= 0.6 is 0 Å². The van der Waals surface area contributed by atoms with Crippen LogP contribution in [-0.2, 0) is 22.1 Å². The average Bonchev–Trinajstić information content (AvgIpc) is 2.61. The Morgan fingerprint density at radius 2 is 1.94 bits per heavy atom. The van der Waals surface area contributed by atoms with Gasteiger partial charge in [0.15, 0.2) is 0 Å². The minimum absolute atomic E-state index is 0.0453. The van der Waals surface area contributed by atoms with Crippen molar-refractivity contribution in [3.8, 4) is 0 Å². The van der Waals surface area contributed by atoms with Crippen LogP contribution in [0.15, 0.2) is 12.3 Å². The van der Waals surface area contributed by atoms with Crippen LogP contribution in [0.3, 0.4) is 0 Å². The van der Waals surface area contributed by atoms with Crippen LogP contribution in [0.4, 0.5) is 22.0 Å². The lowest BCUT2D eigenvalue weighted by atomic mass is 10.1. The number of alkyl halides is 5. The SMILES string of the molecule is O=COCc1[nH]ccc1C(F)(F)C(F)(F)F. The highest BCUT2D eigenvalue weighted by Crippen LogP contribution is 2.44. The number of halogens is 5. The number of H-pyrrole nitrogens is 1. The molecule has 0 amide bonds. The summed E-state index contributed by atoms with van der Waals surface area (Å²) in [5.41, 5.74) is -1.74. The van der Waals surface area contributed by atoms with Crippen molar-refractivity contribution >= 4 is 6.47 Å². The van der Waals surface area contributed by atoms with Crippen molar-refractivity contribution in [2.75, 3.05) is 0 Å². The molecule has 1 aromatic rings. The highest BCUT2D eigenvalue weighted by atomic mass is 19.4. The number of nitrogens with one attached hydrogen (secondary N) is 1. The predicted octanol–water partition coefficient (Wildman–Crippen LogP) is 2.34. The minimum atomic E-state index is -5.69. The highest BCUT2D eigenvalue weighted by molar-refractivity contribution is 5.38. The van der Waals surface area contributed by atoms with E-state index < -0.39 is 30.0 Å². The summed E-state index contributed by atoms with van der Waals surface area (Å²) in [6, 6.07) is 0.594. The lowest BCUT2D eigenvalue weighted by Gasteiger charge is -2.19. The second-order valence-electron chi connectivity index (χ2n) is 2.85. The molecule has 16 heavy (non-hydrogen) atoms. The summed E-state index contributed by atoms with van der Waals surface area (Å²) in [6.07, 6.45) is -4.77. The predicted molar refractivity (Wildman–Crippen MR) is 41.6 cm³/mol. The van der Waals surface area contributed by atoms with Gasteiger partial charge in [0.25, 0.3) is 6.47 Å². The van der Waals surface area contributed by atoms with E-state index in [0.29, 0.717) is 6.07 Å². The van der Waals surface area contributed by atoms with E-state index >= 15 is 0 Å². The van der Waals surface area contributed by atoms with E-state index in [1.54, 1.807) is 0 Å². The number of ether oxygens (including phenoxy) is 1. The third-order valence-electron chi connectivity index (χ3n) is 1.82. The Hall–Kier alpha value is -1.60. The van der Waals surface area contributed by atoms with Gasteiger partial charge in [0.1, 0.15) is 6.61 Å². The van der Waals surface area contributed by atoms with Crippen molar-refractivity contribution in [2.24, 2.45) is 0 Å². The molecule has 0 saturated carbocycles. The van der Waals surface area contributed by atoms with Crippen LogP contribution in [0.2, 0.25) is 0 Å². The van der Waals surface area contributed by atoms with Crippen LogP contribution in [0.25, 0.3) is 0 Å². The standard InChI is InChI=1S/C8H6F5NO2/c9-7(10,8(11,12)13)5-1-2-14-6(5)3-16-4-15/h1-2,4,14H,3H2. The smallest absolute Gasteiger partial charge is 0.458 e. The summed E-state index contributed by atoms with van der Waals surface area (Å²) in [6.45, 7) is -0.714. The summed E-state index contributed by atoms with van der Waals surface area (Å²) in [5, 5.41) is 0. The molecule has 0 aliphatic carbocycles. The van der Waals surface area contributed by atoms with E-state index in [-0.39, 0.29) is 6.47 Å². The summed E-state index contributed by atoms with van der Waals surface area (Å²) in [7, 11) is 0. The monoisotopic (exact) mass is 243 g/mol. The van der Waals surface area contributed by atoms with Crippen LogP contribution in [0.5, 0.6) is 0 Å². The molecule has 90 valence electrons. The first-order valence-electron chi connectivity index (χ1n) is 3.97. The first-order valence-corrected chi connectivity index (χ1v) is 3.97. The Morgan fingerprint density at radius 3 is 2.44 bits per heavy atom. The van der Waals surface area contributed by atoms with Crippen LogP contribution < -0.4 is 0 Å². The average molecular weight is 243 g/mol. The fourth-order valence-corrected chi connectivity index (χ4v) is 1.09. The maximum atomic E-state index is 12.9. The zero-order valence-electron chi connectivity index (χ0n) is 7.65. The van der Waals surface area contributed by atoms with Gasteiger partial charge >= 0.3 is 12.1 Å². The third kappa shape index (κ3) is 2.15. The number of hydrogen-bond acceptors (Lipinski definition) is 2. The maximum Gasteiger partial charge on any atom is 0.458 e. The Balaban J connectivity index is 3.03.